The van der Waals surface area contributed by atoms with Crippen molar-refractivity contribution in [1.29, 1.82) is 0 Å². The van der Waals surface area contributed by atoms with Crippen molar-refractivity contribution in [2.24, 2.45) is 0 Å². The van der Waals surface area contributed by atoms with Gasteiger partial charge in [0, 0.05) is 19.1 Å². The monoisotopic (exact) mass is 241 g/mol. The van der Waals surface area contributed by atoms with Gasteiger partial charge in [0.05, 0.1) is 6.54 Å². The summed E-state index contributed by atoms with van der Waals surface area (Å²) in [7, 11) is 2.17. The van der Waals surface area contributed by atoms with Crippen molar-refractivity contribution in [1.82, 2.24) is 15.5 Å². The zero-order valence-corrected chi connectivity index (χ0v) is 11.3. The van der Waals surface area contributed by atoms with Crippen molar-refractivity contribution in [3.05, 3.63) is 0 Å². The smallest absolute Gasteiger partial charge is 0.233 e. The highest BCUT2D eigenvalue weighted by Gasteiger charge is 2.18. The maximum absolute atomic E-state index is 11.5. The van der Waals surface area contributed by atoms with Gasteiger partial charge in [0.25, 0.3) is 0 Å². The van der Waals surface area contributed by atoms with E-state index in [1.807, 2.05) is 0 Å². The topological polar surface area (TPSA) is 44.4 Å². The van der Waals surface area contributed by atoms with E-state index < -0.39 is 0 Å². The average Bonchev–Trinajstić information content (AvgIpc) is 2.32. The van der Waals surface area contributed by atoms with Crippen LogP contribution in [0, 0.1) is 0 Å². The standard InChI is InChI=1S/C13H27N3O/c1-3-4-8-15-13(17)11-14-10-12-7-5-6-9-16(12)2/h12,14H,3-11H2,1-2H3,(H,15,17). The minimum atomic E-state index is 0.122. The van der Waals surface area contributed by atoms with Gasteiger partial charge in [-0.1, -0.05) is 19.8 Å². The highest BCUT2D eigenvalue weighted by Crippen LogP contribution is 2.13. The third-order valence-corrected chi connectivity index (χ3v) is 3.44. The Hall–Kier alpha value is -0.610. The highest BCUT2D eigenvalue weighted by atomic mass is 16.1. The van der Waals surface area contributed by atoms with E-state index in [1.165, 1.54) is 25.8 Å². The summed E-state index contributed by atoms with van der Waals surface area (Å²) in [5, 5.41) is 6.18. The van der Waals surface area contributed by atoms with Crippen LogP contribution in [-0.2, 0) is 4.79 Å². The van der Waals surface area contributed by atoms with Crippen molar-refractivity contribution in [3.8, 4) is 0 Å². The molecular formula is C13H27N3O. The number of rotatable bonds is 7. The second-order valence-electron chi connectivity index (χ2n) is 4.96. The Bertz CT molecular complexity index is 221. The largest absolute Gasteiger partial charge is 0.355 e. The van der Waals surface area contributed by atoms with Gasteiger partial charge in [-0.05, 0) is 32.9 Å². The van der Waals surface area contributed by atoms with Gasteiger partial charge >= 0.3 is 0 Å². The average molecular weight is 241 g/mol. The lowest BCUT2D eigenvalue weighted by Crippen LogP contribution is -2.45. The number of likely N-dealkylation sites (tertiary alicyclic amines) is 1. The Morgan fingerprint density at radius 1 is 1.41 bits per heavy atom. The zero-order valence-electron chi connectivity index (χ0n) is 11.3. The Kier molecular flexibility index (Phi) is 7.21. The van der Waals surface area contributed by atoms with Crippen LogP contribution in [0.5, 0.6) is 0 Å². The van der Waals surface area contributed by atoms with Crippen molar-refractivity contribution in [2.75, 3.05) is 33.2 Å². The second-order valence-corrected chi connectivity index (χ2v) is 4.96. The first-order chi connectivity index (χ1) is 8.24. The predicted octanol–water partition coefficient (Wildman–Crippen LogP) is 0.977. The molecule has 0 radical (unpaired) electrons. The summed E-state index contributed by atoms with van der Waals surface area (Å²) >= 11 is 0. The molecule has 4 heteroatoms. The van der Waals surface area contributed by atoms with E-state index in [1.54, 1.807) is 0 Å². The van der Waals surface area contributed by atoms with Gasteiger partial charge in [-0.25, -0.2) is 0 Å². The third-order valence-electron chi connectivity index (χ3n) is 3.44. The maximum atomic E-state index is 11.5. The van der Waals surface area contributed by atoms with Crippen LogP contribution < -0.4 is 10.6 Å². The van der Waals surface area contributed by atoms with E-state index in [-0.39, 0.29) is 5.91 Å². The van der Waals surface area contributed by atoms with E-state index in [9.17, 15) is 4.79 Å². The van der Waals surface area contributed by atoms with Crippen molar-refractivity contribution < 1.29 is 4.79 Å². The summed E-state index contributed by atoms with van der Waals surface area (Å²) in [6.07, 6.45) is 6.07. The summed E-state index contributed by atoms with van der Waals surface area (Å²) < 4.78 is 0. The molecule has 1 fully saturated rings. The molecule has 1 aliphatic rings. The predicted molar refractivity (Wildman–Crippen MR) is 71.1 cm³/mol. The van der Waals surface area contributed by atoms with Crippen molar-refractivity contribution >= 4 is 5.91 Å². The van der Waals surface area contributed by atoms with Crippen molar-refractivity contribution in [2.45, 2.75) is 45.1 Å². The lowest BCUT2D eigenvalue weighted by molar-refractivity contribution is -0.120. The minimum Gasteiger partial charge on any atom is -0.355 e. The van der Waals surface area contributed by atoms with Gasteiger partial charge in [-0.2, -0.15) is 0 Å². The number of carbonyl (C=O) groups excluding carboxylic acids is 1. The molecule has 0 aromatic carbocycles. The lowest BCUT2D eigenvalue weighted by atomic mass is 10.0. The van der Waals surface area contributed by atoms with E-state index in [0.29, 0.717) is 12.6 Å². The van der Waals surface area contributed by atoms with Crippen LogP contribution >= 0.6 is 0 Å². The Labute approximate surface area is 105 Å². The van der Waals surface area contributed by atoms with Crippen LogP contribution in [0.2, 0.25) is 0 Å². The summed E-state index contributed by atoms with van der Waals surface area (Å²) in [5.74, 6) is 0.122. The van der Waals surface area contributed by atoms with Gasteiger partial charge in [0.1, 0.15) is 0 Å². The third kappa shape index (κ3) is 6.03. The lowest BCUT2D eigenvalue weighted by Gasteiger charge is -2.32. The quantitative estimate of drug-likeness (QED) is 0.653. The molecule has 1 heterocycles. The molecule has 1 unspecified atom stereocenters. The summed E-state index contributed by atoms with van der Waals surface area (Å²) in [6, 6.07) is 0.604. The molecule has 0 bridgehead atoms. The van der Waals surface area contributed by atoms with Crippen LogP contribution in [0.4, 0.5) is 0 Å². The van der Waals surface area contributed by atoms with Crippen LogP contribution in [0.15, 0.2) is 0 Å². The molecule has 0 aliphatic carbocycles. The first-order valence-corrected chi connectivity index (χ1v) is 6.91. The van der Waals surface area contributed by atoms with Gasteiger partial charge in [-0.15, -0.1) is 0 Å². The van der Waals surface area contributed by atoms with Crippen LogP contribution in [0.25, 0.3) is 0 Å². The molecular weight excluding hydrogens is 214 g/mol. The first kappa shape index (κ1) is 14.5. The van der Waals surface area contributed by atoms with Crippen LogP contribution in [-0.4, -0.2) is 50.1 Å². The number of hydrogen-bond acceptors (Lipinski definition) is 3. The molecule has 1 rings (SSSR count). The molecule has 0 saturated carbocycles. The molecule has 1 saturated heterocycles. The Balaban J connectivity index is 2.04. The molecule has 1 amide bonds. The molecule has 4 nitrogen and oxygen atoms in total. The van der Waals surface area contributed by atoms with E-state index in [0.717, 1.165) is 25.9 Å². The highest BCUT2D eigenvalue weighted by molar-refractivity contribution is 5.77. The van der Waals surface area contributed by atoms with E-state index >= 15 is 0 Å². The normalized spacial score (nSPS) is 21.4. The molecule has 0 spiro atoms. The number of hydrogen-bond donors (Lipinski definition) is 2. The fraction of sp³-hybridized carbons (Fsp3) is 0.923. The summed E-state index contributed by atoms with van der Waals surface area (Å²) in [6.45, 7) is 5.50. The van der Waals surface area contributed by atoms with Crippen molar-refractivity contribution in [3.63, 3.8) is 0 Å². The Morgan fingerprint density at radius 3 is 2.94 bits per heavy atom. The SMILES string of the molecule is CCCCNC(=O)CNCC1CCCCN1C. The number of carbonyl (C=O) groups is 1. The molecule has 1 aliphatic heterocycles. The van der Waals surface area contributed by atoms with Crippen LogP contribution in [0.3, 0.4) is 0 Å². The van der Waals surface area contributed by atoms with Crippen LogP contribution in [0.1, 0.15) is 39.0 Å². The fourth-order valence-electron chi connectivity index (χ4n) is 2.22. The summed E-state index contributed by atoms with van der Waals surface area (Å²) in [5.41, 5.74) is 0. The van der Waals surface area contributed by atoms with Gasteiger partial charge < -0.3 is 15.5 Å². The minimum absolute atomic E-state index is 0.122. The number of nitrogens with one attached hydrogen (secondary N) is 2. The fourth-order valence-corrected chi connectivity index (χ4v) is 2.22. The Morgan fingerprint density at radius 2 is 2.24 bits per heavy atom. The summed E-state index contributed by atoms with van der Waals surface area (Å²) in [4.78, 5) is 13.8. The number of piperidine rings is 1. The molecule has 100 valence electrons. The van der Waals surface area contributed by atoms with Gasteiger partial charge in [0.2, 0.25) is 5.91 Å². The van der Waals surface area contributed by atoms with E-state index in [2.05, 4.69) is 29.5 Å². The molecule has 0 aromatic heterocycles. The molecule has 17 heavy (non-hydrogen) atoms. The number of unbranched alkanes of at least 4 members (excludes halogenated alkanes) is 1. The zero-order chi connectivity index (χ0) is 12.5. The van der Waals surface area contributed by atoms with Gasteiger partial charge in [-0.3, -0.25) is 4.79 Å². The molecule has 2 N–H and O–H groups in total. The number of likely N-dealkylation sites (N-methyl/N-ethyl adjacent to an activating group) is 1. The number of nitrogens with zero attached hydrogens (tertiary/aromatic N) is 1. The molecule has 0 aromatic rings. The number of amides is 1. The first-order valence-electron chi connectivity index (χ1n) is 6.91. The maximum Gasteiger partial charge on any atom is 0.233 e. The van der Waals surface area contributed by atoms with E-state index in [4.69, 9.17) is 0 Å². The second kappa shape index (κ2) is 8.48. The van der Waals surface area contributed by atoms with Gasteiger partial charge in [0.15, 0.2) is 0 Å². The molecule has 1 atom stereocenters.